The van der Waals surface area contributed by atoms with Crippen molar-refractivity contribution in [2.45, 2.75) is 39.2 Å². The number of rotatable bonds is 3. The Morgan fingerprint density at radius 3 is 2.39 bits per heavy atom. The van der Waals surface area contributed by atoms with Crippen molar-refractivity contribution in [3.63, 3.8) is 0 Å². The number of carbonyl (C=O) groups is 1. The molecule has 1 N–H and O–H groups in total. The van der Waals surface area contributed by atoms with E-state index in [1.807, 2.05) is 27.7 Å². The highest BCUT2D eigenvalue weighted by atomic mass is 19.1. The van der Waals surface area contributed by atoms with Crippen LogP contribution in [0.4, 0.5) is 9.18 Å². The highest BCUT2D eigenvalue weighted by Gasteiger charge is 2.16. The summed E-state index contributed by atoms with van der Waals surface area (Å²) in [5.74, 6) is -0.149. The molecule has 0 radical (unpaired) electrons. The van der Waals surface area contributed by atoms with Gasteiger partial charge in [0.15, 0.2) is 0 Å². The summed E-state index contributed by atoms with van der Waals surface area (Å²) >= 11 is 0. The van der Waals surface area contributed by atoms with Crippen LogP contribution in [0.3, 0.4) is 0 Å². The van der Waals surface area contributed by atoms with Crippen molar-refractivity contribution in [3.8, 4) is 0 Å². The summed E-state index contributed by atoms with van der Waals surface area (Å²) in [5, 5.41) is 2.70. The summed E-state index contributed by atoms with van der Waals surface area (Å²) in [6.07, 6.45) is -0.434. The molecule has 0 aliphatic carbocycles. The third-order valence-corrected chi connectivity index (χ3v) is 2.39. The topological polar surface area (TPSA) is 38.3 Å². The second kappa shape index (κ2) is 5.85. The van der Waals surface area contributed by atoms with Crippen LogP contribution in [0.15, 0.2) is 24.3 Å². The first kappa shape index (κ1) is 14.5. The van der Waals surface area contributed by atoms with Crippen molar-refractivity contribution in [1.82, 2.24) is 5.32 Å². The van der Waals surface area contributed by atoms with Gasteiger partial charge >= 0.3 is 6.09 Å². The zero-order chi connectivity index (χ0) is 13.8. The largest absolute Gasteiger partial charge is 0.444 e. The lowest BCUT2D eigenvalue weighted by Gasteiger charge is -2.21. The number of amides is 1. The van der Waals surface area contributed by atoms with Crippen LogP contribution in [0, 0.1) is 5.82 Å². The molecule has 0 saturated carbocycles. The molecule has 18 heavy (non-hydrogen) atoms. The molecule has 0 heterocycles. The summed E-state index contributed by atoms with van der Waals surface area (Å²) in [6.45, 7) is 7.87. The molecule has 1 rings (SSSR count). The SMILES string of the molecule is CC(CNC(=O)OC(C)(C)C)c1ccc(F)cc1. The molecule has 0 aliphatic rings. The molecule has 1 aromatic rings. The first-order valence-electron chi connectivity index (χ1n) is 6.00. The fraction of sp³-hybridized carbons (Fsp3) is 0.500. The molecule has 100 valence electrons. The zero-order valence-electron chi connectivity index (χ0n) is 11.3. The number of hydrogen-bond donors (Lipinski definition) is 1. The molecule has 4 heteroatoms. The molecule has 0 aliphatic heterocycles. The molecule has 0 aromatic heterocycles. The van der Waals surface area contributed by atoms with E-state index in [4.69, 9.17) is 4.74 Å². The predicted octanol–water partition coefficient (Wildman–Crippen LogP) is 3.45. The predicted molar refractivity (Wildman–Crippen MR) is 69.1 cm³/mol. The number of ether oxygens (including phenoxy) is 1. The molecule has 0 bridgehead atoms. The van der Waals surface area contributed by atoms with Crippen molar-refractivity contribution in [2.24, 2.45) is 0 Å². The van der Waals surface area contributed by atoms with Crippen LogP contribution in [0.25, 0.3) is 0 Å². The molecule has 0 fully saturated rings. The quantitative estimate of drug-likeness (QED) is 0.896. The lowest BCUT2D eigenvalue weighted by Crippen LogP contribution is -2.34. The van der Waals surface area contributed by atoms with Gasteiger partial charge in [0.25, 0.3) is 0 Å². The Kier molecular flexibility index (Phi) is 4.70. The average Bonchev–Trinajstić information content (AvgIpc) is 2.24. The molecule has 1 unspecified atom stereocenters. The molecule has 0 spiro atoms. The van der Waals surface area contributed by atoms with Gasteiger partial charge < -0.3 is 10.1 Å². The van der Waals surface area contributed by atoms with Gasteiger partial charge in [0.05, 0.1) is 0 Å². The van der Waals surface area contributed by atoms with Crippen LogP contribution >= 0.6 is 0 Å². The number of nitrogens with one attached hydrogen (secondary N) is 1. The van der Waals surface area contributed by atoms with Crippen LogP contribution < -0.4 is 5.32 Å². The summed E-state index contributed by atoms with van der Waals surface area (Å²) in [7, 11) is 0. The Hall–Kier alpha value is -1.58. The highest BCUT2D eigenvalue weighted by molar-refractivity contribution is 5.67. The van der Waals surface area contributed by atoms with Crippen molar-refractivity contribution >= 4 is 6.09 Å². The normalized spacial score (nSPS) is 12.9. The maximum atomic E-state index is 12.8. The monoisotopic (exact) mass is 253 g/mol. The minimum Gasteiger partial charge on any atom is -0.444 e. The number of carbonyl (C=O) groups excluding carboxylic acids is 1. The Morgan fingerprint density at radius 2 is 1.89 bits per heavy atom. The molecule has 0 saturated heterocycles. The second-order valence-electron chi connectivity index (χ2n) is 5.34. The van der Waals surface area contributed by atoms with E-state index in [1.54, 1.807) is 12.1 Å². The van der Waals surface area contributed by atoms with Crippen molar-refractivity contribution in [2.75, 3.05) is 6.54 Å². The van der Waals surface area contributed by atoms with Gasteiger partial charge in [-0.3, -0.25) is 0 Å². The van der Waals surface area contributed by atoms with Crippen LogP contribution in [0.2, 0.25) is 0 Å². The Morgan fingerprint density at radius 1 is 1.33 bits per heavy atom. The summed E-state index contributed by atoms with van der Waals surface area (Å²) in [6, 6.07) is 6.27. The third kappa shape index (κ3) is 5.17. The van der Waals surface area contributed by atoms with E-state index in [9.17, 15) is 9.18 Å². The van der Waals surface area contributed by atoms with Gasteiger partial charge in [-0.2, -0.15) is 0 Å². The number of hydrogen-bond acceptors (Lipinski definition) is 2. The van der Waals surface area contributed by atoms with E-state index in [0.717, 1.165) is 5.56 Å². The van der Waals surface area contributed by atoms with Gasteiger partial charge in [-0.1, -0.05) is 19.1 Å². The lowest BCUT2D eigenvalue weighted by atomic mass is 10.0. The zero-order valence-corrected chi connectivity index (χ0v) is 11.3. The highest BCUT2D eigenvalue weighted by Crippen LogP contribution is 2.15. The Balaban J connectivity index is 2.44. The van der Waals surface area contributed by atoms with Crippen LogP contribution in [-0.4, -0.2) is 18.2 Å². The maximum absolute atomic E-state index is 12.8. The van der Waals surface area contributed by atoms with Gasteiger partial charge in [0, 0.05) is 6.54 Å². The standard InChI is InChI=1S/C14H20FNO2/c1-10(11-5-7-12(15)8-6-11)9-16-13(17)18-14(2,3)4/h5-8,10H,9H2,1-4H3,(H,16,17). The van der Waals surface area contributed by atoms with E-state index in [1.165, 1.54) is 12.1 Å². The molecule has 1 aromatic carbocycles. The van der Waals surface area contributed by atoms with E-state index in [0.29, 0.717) is 6.54 Å². The summed E-state index contributed by atoms with van der Waals surface area (Å²) < 4.78 is 17.9. The van der Waals surface area contributed by atoms with E-state index in [-0.39, 0.29) is 11.7 Å². The molecule has 1 atom stereocenters. The van der Waals surface area contributed by atoms with Crippen molar-refractivity contribution in [3.05, 3.63) is 35.6 Å². The molecular formula is C14H20FNO2. The van der Waals surface area contributed by atoms with Gasteiger partial charge in [0.2, 0.25) is 0 Å². The van der Waals surface area contributed by atoms with Gasteiger partial charge in [-0.05, 0) is 44.4 Å². The maximum Gasteiger partial charge on any atom is 0.407 e. The molecule has 1 amide bonds. The van der Waals surface area contributed by atoms with E-state index < -0.39 is 11.7 Å². The summed E-state index contributed by atoms with van der Waals surface area (Å²) in [5.41, 5.74) is 0.482. The Labute approximate surface area is 107 Å². The van der Waals surface area contributed by atoms with Crippen LogP contribution in [0.1, 0.15) is 39.2 Å². The average molecular weight is 253 g/mol. The fourth-order valence-corrected chi connectivity index (χ4v) is 1.46. The van der Waals surface area contributed by atoms with Gasteiger partial charge in [-0.15, -0.1) is 0 Å². The molecular weight excluding hydrogens is 233 g/mol. The van der Waals surface area contributed by atoms with Gasteiger partial charge in [-0.25, -0.2) is 9.18 Å². The Bertz CT molecular complexity index is 395. The number of alkyl carbamates (subject to hydrolysis) is 1. The number of halogens is 1. The lowest BCUT2D eigenvalue weighted by molar-refractivity contribution is 0.0525. The van der Waals surface area contributed by atoms with E-state index in [2.05, 4.69) is 5.32 Å². The minimum absolute atomic E-state index is 0.109. The van der Waals surface area contributed by atoms with Crippen molar-refractivity contribution in [1.29, 1.82) is 0 Å². The van der Waals surface area contributed by atoms with Crippen LogP contribution in [0.5, 0.6) is 0 Å². The first-order chi connectivity index (χ1) is 8.28. The second-order valence-corrected chi connectivity index (χ2v) is 5.34. The first-order valence-corrected chi connectivity index (χ1v) is 6.00. The van der Waals surface area contributed by atoms with Crippen LogP contribution in [-0.2, 0) is 4.74 Å². The molecule has 3 nitrogen and oxygen atoms in total. The third-order valence-electron chi connectivity index (χ3n) is 2.39. The van der Waals surface area contributed by atoms with E-state index >= 15 is 0 Å². The number of benzene rings is 1. The smallest absolute Gasteiger partial charge is 0.407 e. The fourth-order valence-electron chi connectivity index (χ4n) is 1.46. The van der Waals surface area contributed by atoms with Crippen molar-refractivity contribution < 1.29 is 13.9 Å². The van der Waals surface area contributed by atoms with Gasteiger partial charge in [0.1, 0.15) is 11.4 Å². The minimum atomic E-state index is -0.497. The summed E-state index contributed by atoms with van der Waals surface area (Å²) in [4.78, 5) is 11.5.